The zero-order chi connectivity index (χ0) is 20.2. The summed E-state index contributed by atoms with van der Waals surface area (Å²) >= 11 is 0. The van der Waals surface area contributed by atoms with Crippen LogP contribution >= 0.6 is 0 Å². The SMILES string of the molecule is Cc1ccc(-c2ccc(C(=O)NCCCc3cnc4cc(C)nn4c3)cc2)cc1. The van der Waals surface area contributed by atoms with Crippen molar-refractivity contribution in [3.05, 3.63) is 89.4 Å². The molecule has 0 unspecified atom stereocenters. The summed E-state index contributed by atoms with van der Waals surface area (Å²) in [5.41, 5.74) is 7.09. The van der Waals surface area contributed by atoms with Crippen LogP contribution < -0.4 is 5.32 Å². The van der Waals surface area contributed by atoms with Crippen molar-refractivity contribution in [3.8, 4) is 11.1 Å². The van der Waals surface area contributed by atoms with Gasteiger partial charge in [0.2, 0.25) is 0 Å². The maximum atomic E-state index is 12.4. The molecule has 4 rings (SSSR count). The van der Waals surface area contributed by atoms with E-state index in [0.29, 0.717) is 12.1 Å². The normalized spacial score (nSPS) is 11.0. The number of carbonyl (C=O) groups is 1. The van der Waals surface area contributed by atoms with Gasteiger partial charge in [0.25, 0.3) is 5.91 Å². The minimum absolute atomic E-state index is 0.0447. The van der Waals surface area contributed by atoms with Crippen LogP contribution in [0, 0.1) is 13.8 Å². The van der Waals surface area contributed by atoms with Gasteiger partial charge in [0.15, 0.2) is 5.65 Å². The first kappa shape index (κ1) is 18.9. The lowest BCUT2D eigenvalue weighted by atomic mass is 10.0. The second-order valence-corrected chi connectivity index (χ2v) is 7.35. The lowest BCUT2D eigenvalue weighted by Gasteiger charge is -2.07. The number of nitrogens with zero attached hydrogens (tertiary/aromatic N) is 3. The zero-order valence-electron chi connectivity index (χ0n) is 16.7. The van der Waals surface area contributed by atoms with Crippen LogP contribution in [0.25, 0.3) is 16.8 Å². The molecular weight excluding hydrogens is 360 g/mol. The van der Waals surface area contributed by atoms with Gasteiger partial charge in [-0.3, -0.25) is 4.79 Å². The van der Waals surface area contributed by atoms with E-state index >= 15 is 0 Å². The molecule has 146 valence electrons. The minimum atomic E-state index is -0.0447. The molecule has 2 heterocycles. The molecule has 0 saturated heterocycles. The van der Waals surface area contributed by atoms with Gasteiger partial charge in [-0.05, 0) is 55.5 Å². The third kappa shape index (κ3) is 4.51. The van der Waals surface area contributed by atoms with Gasteiger partial charge in [-0.1, -0.05) is 42.0 Å². The molecule has 4 aromatic rings. The molecule has 1 amide bonds. The number of rotatable bonds is 6. The van der Waals surface area contributed by atoms with E-state index in [2.05, 4.69) is 46.6 Å². The predicted molar refractivity (Wildman–Crippen MR) is 115 cm³/mol. The third-order valence-electron chi connectivity index (χ3n) is 4.95. The van der Waals surface area contributed by atoms with Gasteiger partial charge in [-0.2, -0.15) is 5.10 Å². The second kappa shape index (κ2) is 8.27. The highest BCUT2D eigenvalue weighted by Gasteiger charge is 2.06. The second-order valence-electron chi connectivity index (χ2n) is 7.35. The Morgan fingerprint density at radius 3 is 2.41 bits per heavy atom. The topological polar surface area (TPSA) is 59.3 Å². The van der Waals surface area contributed by atoms with E-state index in [1.807, 2.05) is 49.6 Å². The molecule has 1 N–H and O–H groups in total. The van der Waals surface area contributed by atoms with Crippen molar-refractivity contribution >= 4 is 11.6 Å². The van der Waals surface area contributed by atoms with Gasteiger partial charge in [-0.25, -0.2) is 9.50 Å². The van der Waals surface area contributed by atoms with Gasteiger partial charge < -0.3 is 5.32 Å². The van der Waals surface area contributed by atoms with Crippen molar-refractivity contribution in [1.29, 1.82) is 0 Å². The maximum absolute atomic E-state index is 12.4. The van der Waals surface area contributed by atoms with Crippen LogP contribution in [0.15, 0.2) is 67.0 Å². The largest absolute Gasteiger partial charge is 0.352 e. The Morgan fingerprint density at radius 1 is 1.00 bits per heavy atom. The van der Waals surface area contributed by atoms with E-state index in [1.54, 1.807) is 4.52 Å². The Morgan fingerprint density at radius 2 is 1.69 bits per heavy atom. The van der Waals surface area contributed by atoms with Crippen LogP contribution in [0.1, 0.15) is 33.6 Å². The summed E-state index contributed by atoms with van der Waals surface area (Å²) in [7, 11) is 0. The smallest absolute Gasteiger partial charge is 0.251 e. The summed E-state index contributed by atoms with van der Waals surface area (Å²) in [5, 5.41) is 7.38. The molecule has 0 aliphatic carbocycles. The highest BCUT2D eigenvalue weighted by Crippen LogP contribution is 2.20. The van der Waals surface area contributed by atoms with Crippen LogP contribution in [0.4, 0.5) is 0 Å². The summed E-state index contributed by atoms with van der Waals surface area (Å²) in [5.74, 6) is -0.0447. The number of nitrogens with one attached hydrogen (secondary N) is 1. The fourth-order valence-electron chi connectivity index (χ4n) is 3.32. The van der Waals surface area contributed by atoms with Gasteiger partial charge >= 0.3 is 0 Å². The van der Waals surface area contributed by atoms with E-state index in [9.17, 15) is 4.79 Å². The van der Waals surface area contributed by atoms with E-state index < -0.39 is 0 Å². The highest BCUT2D eigenvalue weighted by molar-refractivity contribution is 5.94. The molecule has 0 saturated carbocycles. The molecular formula is C24H24N4O. The van der Waals surface area contributed by atoms with Gasteiger partial charge in [0.1, 0.15) is 0 Å². The first-order valence-electron chi connectivity index (χ1n) is 9.85. The van der Waals surface area contributed by atoms with Gasteiger partial charge in [-0.15, -0.1) is 0 Å². The molecule has 29 heavy (non-hydrogen) atoms. The molecule has 2 aromatic carbocycles. The van der Waals surface area contributed by atoms with E-state index in [4.69, 9.17) is 0 Å². The van der Waals surface area contributed by atoms with Gasteiger partial charge in [0, 0.05) is 30.6 Å². The van der Waals surface area contributed by atoms with E-state index in [1.165, 1.54) is 5.56 Å². The predicted octanol–water partition coefficient (Wildman–Crippen LogP) is 4.38. The average Bonchev–Trinajstić information content (AvgIpc) is 3.11. The number of aromatic nitrogens is 3. The number of carbonyl (C=O) groups excluding carboxylic acids is 1. The number of hydrogen-bond acceptors (Lipinski definition) is 3. The first-order chi connectivity index (χ1) is 14.1. The van der Waals surface area contributed by atoms with Crippen LogP contribution in [0.5, 0.6) is 0 Å². The number of aryl methyl sites for hydroxylation is 3. The monoisotopic (exact) mass is 384 g/mol. The Bertz CT molecular complexity index is 1130. The maximum Gasteiger partial charge on any atom is 0.251 e. The Kier molecular flexibility index (Phi) is 5.38. The Labute approximate surface area is 170 Å². The van der Waals surface area contributed by atoms with Crippen molar-refractivity contribution in [2.75, 3.05) is 6.54 Å². The molecule has 0 spiro atoms. The van der Waals surface area contributed by atoms with E-state index in [0.717, 1.165) is 40.9 Å². The Hall–Kier alpha value is -3.47. The lowest BCUT2D eigenvalue weighted by molar-refractivity contribution is 0.0953. The van der Waals surface area contributed by atoms with Crippen LogP contribution in [0.3, 0.4) is 0 Å². The number of benzene rings is 2. The van der Waals surface area contributed by atoms with Crippen molar-refractivity contribution in [2.45, 2.75) is 26.7 Å². The summed E-state index contributed by atoms with van der Waals surface area (Å²) < 4.78 is 1.80. The van der Waals surface area contributed by atoms with Crippen LogP contribution in [0.2, 0.25) is 0 Å². The molecule has 0 fully saturated rings. The fourth-order valence-corrected chi connectivity index (χ4v) is 3.32. The van der Waals surface area contributed by atoms with Crippen molar-refractivity contribution in [2.24, 2.45) is 0 Å². The number of fused-ring (bicyclic) bond motifs is 1. The molecule has 5 heteroatoms. The lowest BCUT2D eigenvalue weighted by Crippen LogP contribution is -2.24. The standard InChI is InChI=1S/C24H24N4O/c1-17-5-7-20(8-6-17)21-9-11-22(12-10-21)24(29)25-13-3-4-19-15-26-23-14-18(2)27-28(23)16-19/h5-12,14-16H,3-4,13H2,1-2H3,(H,25,29). The molecule has 0 aliphatic heterocycles. The van der Waals surface area contributed by atoms with Crippen molar-refractivity contribution in [3.63, 3.8) is 0 Å². The van der Waals surface area contributed by atoms with Crippen molar-refractivity contribution < 1.29 is 4.79 Å². The molecule has 0 aliphatic rings. The highest BCUT2D eigenvalue weighted by atomic mass is 16.1. The molecule has 0 bridgehead atoms. The first-order valence-corrected chi connectivity index (χ1v) is 9.85. The average molecular weight is 384 g/mol. The number of amides is 1. The Balaban J connectivity index is 1.29. The summed E-state index contributed by atoms with van der Waals surface area (Å²) in [4.78, 5) is 16.8. The van der Waals surface area contributed by atoms with Crippen LogP contribution in [-0.4, -0.2) is 27.0 Å². The summed E-state index contributed by atoms with van der Waals surface area (Å²) in [6, 6.07) is 18.1. The minimum Gasteiger partial charge on any atom is -0.352 e. The molecule has 0 radical (unpaired) electrons. The zero-order valence-corrected chi connectivity index (χ0v) is 16.7. The fraction of sp³-hybridized carbons (Fsp3) is 0.208. The van der Waals surface area contributed by atoms with Crippen molar-refractivity contribution in [1.82, 2.24) is 19.9 Å². The van der Waals surface area contributed by atoms with Crippen LogP contribution in [-0.2, 0) is 6.42 Å². The number of hydrogen-bond donors (Lipinski definition) is 1. The summed E-state index contributed by atoms with van der Waals surface area (Å²) in [6.07, 6.45) is 5.57. The quantitative estimate of drug-likeness (QED) is 0.502. The van der Waals surface area contributed by atoms with E-state index in [-0.39, 0.29) is 5.91 Å². The van der Waals surface area contributed by atoms with Gasteiger partial charge in [0.05, 0.1) is 5.69 Å². The molecule has 0 atom stereocenters. The molecule has 5 nitrogen and oxygen atoms in total. The molecule has 2 aromatic heterocycles. The third-order valence-corrected chi connectivity index (χ3v) is 4.95. The summed E-state index contributed by atoms with van der Waals surface area (Å²) in [6.45, 7) is 4.65.